The molecule has 1 aliphatic rings. The summed E-state index contributed by atoms with van der Waals surface area (Å²) in [4.78, 5) is 42.6. The number of nitrogens with zero attached hydrogens (tertiary/aromatic N) is 6. The molecule has 0 unspecified atom stereocenters. The number of rotatable bonds is 11. The molecule has 3 heterocycles. The highest BCUT2D eigenvalue weighted by Crippen LogP contribution is 2.31. The zero-order valence-electron chi connectivity index (χ0n) is 25.7. The fourth-order valence-corrected chi connectivity index (χ4v) is 6.09. The summed E-state index contributed by atoms with van der Waals surface area (Å²) >= 11 is 1.47. The van der Waals surface area contributed by atoms with Gasteiger partial charge in [0.1, 0.15) is 0 Å². The highest BCUT2D eigenvalue weighted by atomic mass is 32.2. The van der Waals surface area contributed by atoms with Crippen molar-refractivity contribution < 1.29 is 22.7 Å². The molecule has 0 N–H and O–H groups in total. The molecular formula is C33H35F3N6O3S. The lowest BCUT2D eigenvalue weighted by Crippen LogP contribution is -2.48. The smallest absolute Gasteiger partial charge is 0.416 e. The summed E-state index contributed by atoms with van der Waals surface area (Å²) in [6, 6.07) is 13.6. The van der Waals surface area contributed by atoms with Crippen LogP contribution in [-0.2, 0) is 29.7 Å². The topological polar surface area (TPSA) is 93.5 Å². The molecule has 1 amide bonds. The summed E-state index contributed by atoms with van der Waals surface area (Å²) < 4.78 is 45.7. The minimum atomic E-state index is -4.37. The Kier molecular flexibility index (Phi) is 10.6. The molecule has 1 saturated heterocycles. The van der Waals surface area contributed by atoms with Gasteiger partial charge in [0.2, 0.25) is 5.91 Å². The molecule has 2 aromatic heterocycles. The van der Waals surface area contributed by atoms with E-state index in [0.717, 1.165) is 23.3 Å². The van der Waals surface area contributed by atoms with Gasteiger partial charge >= 0.3 is 12.2 Å². The van der Waals surface area contributed by atoms with Crippen LogP contribution in [0.1, 0.15) is 40.7 Å². The molecule has 1 fully saturated rings. The number of hydrogen-bond donors (Lipinski definition) is 0. The van der Waals surface area contributed by atoms with E-state index in [1.807, 2.05) is 34.7 Å². The van der Waals surface area contributed by atoms with E-state index >= 15 is 0 Å². The molecule has 9 nitrogen and oxygen atoms in total. The van der Waals surface area contributed by atoms with E-state index in [1.165, 1.54) is 36.6 Å². The number of thioether (sulfide) groups is 1. The van der Waals surface area contributed by atoms with E-state index < -0.39 is 11.7 Å². The Morgan fingerprint density at radius 3 is 2.26 bits per heavy atom. The first kappa shape index (κ1) is 33.0. The van der Waals surface area contributed by atoms with Gasteiger partial charge in [0.05, 0.1) is 12.7 Å². The molecule has 0 aliphatic carbocycles. The molecule has 0 radical (unpaired) electrons. The first-order valence-electron chi connectivity index (χ1n) is 14.9. The largest absolute Gasteiger partial charge is 0.467 e. The summed E-state index contributed by atoms with van der Waals surface area (Å²) in [5.74, 6) is 0.658. The molecule has 2 aromatic carbocycles. The summed E-state index contributed by atoms with van der Waals surface area (Å²) in [5.41, 5.74) is 3.24. The van der Waals surface area contributed by atoms with Crippen LogP contribution >= 0.6 is 11.8 Å². The van der Waals surface area contributed by atoms with E-state index in [0.29, 0.717) is 74.1 Å². The van der Waals surface area contributed by atoms with Gasteiger partial charge in [0.25, 0.3) is 5.56 Å². The van der Waals surface area contributed by atoms with Gasteiger partial charge in [-0.05, 0) is 48.7 Å². The number of anilines is 1. The van der Waals surface area contributed by atoms with Gasteiger partial charge in [0, 0.05) is 81.2 Å². The van der Waals surface area contributed by atoms with E-state index in [-0.39, 0.29) is 17.5 Å². The predicted octanol–water partition coefficient (Wildman–Crippen LogP) is 5.38. The number of aromatic nitrogens is 4. The summed E-state index contributed by atoms with van der Waals surface area (Å²) in [5, 5.41) is 0.581. The lowest BCUT2D eigenvalue weighted by Gasteiger charge is -2.36. The number of methoxy groups -OCH3 is 1. The Labute approximate surface area is 269 Å². The van der Waals surface area contributed by atoms with Crippen molar-refractivity contribution in [3.63, 3.8) is 0 Å². The first-order valence-corrected chi connectivity index (χ1v) is 15.9. The molecule has 0 spiro atoms. The summed E-state index contributed by atoms with van der Waals surface area (Å²) in [7, 11) is 1.48. The molecule has 0 atom stereocenters. The number of ether oxygens (including phenoxy) is 1. The van der Waals surface area contributed by atoms with Crippen LogP contribution in [-0.4, -0.2) is 63.6 Å². The minimum absolute atomic E-state index is 0.0190. The van der Waals surface area contributed by atoms with Gasteiger partial charge in [-0.1, -0.05) is 41.6 Å². The van der Waals surface area contributed by atoms with Crippen LogP contribution in [0.5, 0.6) is 6.01 Å². The SMILES string of the molecule is COc1ncc(Cc2cn(CCCC(=O)N3CCN(c4ccc(C(F)(F)F)cc4)CC3)c(SCc3ccc(C)cc3)nc2=O)cn1. The van der Waals surface area contributed by atoms with Crippen LogP contribution in [0.15, 0.2) is 77.1 Å². The number of amides is 1. The van der Waals surface area contributed by atoms with Gasteiger partial charge in [-0.2, -0.15) is 18.2 Å². The van der Waals surface area contributed by atoms with Crippen LogP contribution in [0.4, 0.5) is 18.9 Å². The number of piperazine rings is 1. The fraction of sp³-hybridized carbons (Fsp3) is 0.364. The molecule has 0 bridgehead atoms. The number of halogens is 3. The normalized spacial score (nSPS) is 13.6. The summed E-state index contributed by atoms with van der Waals surface area (Å²) in [6.07, 6.45) is 1.84. The van der Waals surface area contributed by atoms with E-state index in [1.54, 1.807) is 17.3 Å². The maximum Gasteiger partial charge on any atom is 0.416 e. The molecular weight excluding hydrogens is 617 g/mol. The minimum Gasteiger partial charge on any atom is -0.467 e. The van der Waals surface area contributed by atoms with Gasteiger partial charge in [-0.3, -0.25) is 9.59 Å². The number of benzene rings is 2. The Morgan fingerprint density at radius 2 is 1.63 bits per heavy atom. The third kappa shape index (κ3) is 8.65. The quantitative estimate of drug-likeness (QED) is 0.158. The average molecular weight is 653 g/mol. The lowest BCUT2D eigenvalue weighted by atomic mass is 10.1. The molecule has 4 aromatic rings. The zero-order chi connectivity index (χ0) is 32.7. The number of alkyl halides is 3. The van der Waals surface area contributed by atoms with Crippen molar-refractivity contribution in [1.29, 1.82) is 0 Å². The maximum atomic E-state index is 13.1. The lowest BCUT2D eigenvalue weighted by molar-refractivity contribution is -0.137. The van der Waals surface area contributed by atoms with Crippen molar-refractivity contribution >= 4 is 23.4 Å². The molecule has 5 rings (SSSR count). The predicted molar refractivity (Wildman–Crippen MR) is 170 cm³/mol. The Hall–Kier alpha value is -4.39. The number of carbonyl (C=O) groups excluding carboxylic acids is 1. The van der Waals surface area contributed by atoms with Gasteiger partial charge in [-0.15, -0.1) is 0 Å². The van der Waals surface area contributed by atoms with Crippen LogP contribution in [0, 0.1) is 6.92 Å². The third-order valence-electron chi connectivity index (χ3n) is 7.76. The number of hydrogen-bond acceptors (Lipinski definition) is 8. The third-order valence-corrected chi connectivity index (χ3v) is 8.82. The van der Waals surface area contributed by atoms with Gasteiger partial charge in [-0.25, -0.2) is 9.97 Å². The second-order valence-electron chi connectivity index (χ2n) is 11.1. The average Bonchev–Trinajstić information content (AvgIpc) is 3.06. The van der Waals surface area contributed by atoms with Crippen LogP contribution in [0.2, 0.25) is 0 Å². The summed E-state index contributed by atoms with van der Waals surface area (Å²) in [6.45, 7) is 4.59. The standard InChI is InChI=1S/C33H35F3N6O3S/c1-23-5-7-24(8-6-23)22-46-32-39-30(44)26(18-25-19-37-31(45-2)38-20-25)21-42(32)13-3-4-29(43)41-16-14-40(15-17-41)28-11-9-27(10-12-28)33(34,35)36/h5-12,19-21H,3-4,13-18,22H2,1-2H3. The molecule has 1 aliphatic heterocycles. The molecule has 0 saturated carbocycles. The second-order valence-corrected chi connectivity index (χ2v) is 12.0. The van der Waals surface area contributed by atoms with Crippen molar-refractivity contribution in [3.05, 3.63) is 105 Å². The van der Waals surface area contributed by atoms with Crippen molar-refractivity contribution in [2.75, 3.05) is 38.2 Å². The van der Waals surface area contributed by atoms with Crippen molar-refractivity contribution in [2.45, 2.75) is 49.8 Å². The van der Waals surface area contributed by atoms with Crippen LogP contribution in [0.25, 0.3) is 0 Å². The number of carbonyl (C=O) groups is 1. The highest BCUT2D eigenvalue weighted by Gasteiger charge is 2.30. The fourth-order valence-electron chi connectivity index (χ4n) is 5.14. The highest BCUT2D eigenvalue weighted by molar-refractivity contribution is 7.98. The van der Waals surface area contributed by atoms with E-state index in [9.17, 15) is 22.8 Å². The van der Waals surface area contributed by atoms with Gasteiger partial charge < -0.3 is 19.1 Å². The monoisotopic (exact) mass is 652 g/mol. The number of aryl methyl sites for hydroxylation is 2. The Balaban J connectivity index is 1.21. The van der Waals surface area contributed by atoms with E-state index in [2.05, 4.69) is 27.1 Å². The van der Waals surface area contributed by atoms with E-state index in [4.69, 9.17) is 4.74 Å². The van der Waals surface area contributed by atoms with Crippen LogP contribution < -0.4 is 15.2 Å². The van der Waals surface area contributed by atoms with Crippen molar-refractivity contribution in [3.8, 4) is 6.01 Å². The van der Waals surface area contributed by atoms with Crippen molar-refractivity contribution in [1.82, 2.24) is 24.4 Å². The molecule has 13 heteroatoms. The molecule has 46 heavy (non-hydrogen) atoms. The molecule has 242 valence electrons. The van der Waals surface area contributed by atoms with Crippen molar-refractivity contribution in [2.24, 2.45) is 0 Å². The van der Waals surface area contributed by atoms with Crippen LogP contribution in [0.3, 0.4) is 0 Å². The van der Waals surface area contributed by atoms with Gasteiger partial charge in [0.15, 0.2) is 5.16 Å². The Morgan fingerprint density at radius 1 is 0.957 bits per heavy atom. The maximum absolute atomic E-state index is 13.1. The first-order chi connectivity index (χ1) is 22.1. The Bertz CT molecular complexity index is 1670. The zero-order valence-corrected chi connectivity index (χ0v) is 26.5. The second kappa shape index (κ2) is 14.8.